The van der Waals surface area contributed by atoms with Crippen molar-refractivity contribution in [1.82, 2.24) is 25.9 Å². The number of hydrogen-bond acceptors (Lipinski definition) is 9. The number of imidazole rings is 1. The van der Waals surface area contributed by atoms with Crippen LogP contribution < -0.4 is 27.4 Å². The van der Waals surface area contributed by atoms with Gasteiger partial charge in [-0.1, -0.05) is 12.1 Å². The van der Waals surface area contributed by atoms with Crippen molar-refractivity contribution in [2.24, 2.45) is 11.5 Å². The molecule has 4 atom stereocenters. The van der Waals surface area contributed by atoms with Gasteiger partial charge in [0.1, 0.15) is 23.9 Å². The molecular weight excluding hydrogens is 490 g/mol. The first kappa shape index (κ1) is 28.7. The molecule has 0 aliphatic carbocycles. The highest BCUT2D eigenvalue weighted by molar-refractivity contribution is 5.95. The predicted molar refractivity (Wildman–Crippen MR) is 126 cm³/mol. The maximum Gasteiger partial charge on any atom is 0.326 e. The number of aromatic hydroxyl groups is 1. The minimum Gasteiger partial charge on any atom is -0.508 e. The molecule has 11 N–H and O–H groups in total. The number of benzene rings is 1. The molecule has 4 amide bonds. The van der Waals surface area contributed by atoms with Gasteiger partial charge in [-0.3, -0.25) is 19.2 Å². The van der Waals surface area contributed by atoms with Crippen LogP contribution in [0.5, 0.6) is 5.75 Å². The monoisotopic (exact) mass is 519 g/mol. The number of nitrogens with zero attached hydrogens (tertiary/aromatic N) is 1. The van der Waals surface area contributed by atoms with Crippen molar-refractivity contribution < 1.29 is 39.3 Å². The summed E-state index contributed by atoms with van der Waals surface area (Å²) >= 11 is 0. The minimum absolute atomic E-state index is 0.0173. The highest BCUT2D eigenvalue weighted by atomic mass is 16.4. The highest BCUT2D eigenvalue weighted by Gasteiger charge is 2.31. The topological polar surface area (TPSA) is 263 Å². The number of carbonyl (C=O) groups excluding carboxylic acids is 4. The summed E-state index contributed by atoms with van der Waals surface area (Å²) < 4.78 is 0. The largest absolute Gasteiger partial charge is 0.508 e. The van der Waals surface area contributed by atoms with Crippen LogP contribution in [0.15, 0.2) is 36.8 Å². The third kappa shape index (κ3) is 9.23. The number of carboxylic acid groups (broad SMARTS) is 1. The number of aliphatic hydroxyl groups excluding tert-OH is 1. The fraction of sp³-hybridized carbons (Fsp3) is 0.364. The van der Waals surface area contributed by atoms with Crippen LogP contribution in [0.1, 0.15) is 17.7 Å². The molecule has 15 nitrogen and oxygen atoms in total. The van der Waals surface area contributed by atoms with Crippen molar-refractivity contribution in [3.8, 4) is 5.75 Å². The number of phenolic OH excluding ortho intramolecular Hbond substituents is 1. The number of amides is 4. The lowest BCUT2D eigenvalue weighted by Crippen LogP contribution is -2.58. The Hall–Kier alpha value is -4.50. The van der Waals surface area contributed by atoms with Gasteiger partial charge in [0.05, 0.1) is 25.4 Å². The summed E-state index contributed by atoms with van der Waals surface area (Å²) in [5, 5.41) is 35.1. The van der Waals surface area contributed by atoms with E-state index in [2.05, 4.69) is 20.6 Å². The molecule has 0 bridgehead atoms. The Balaban J connectivity index is 2.15. The van der Waals surface area contributed by atoms with E-state index in [-0.39, 0.29) is 18.6 Å². The third-order valence-electron chi connectivity index (χ3n) is 5.18. The van der Waals surface area contributed by atoms with Crippen LogP contribution in [0, 0.1) is 0 Å². The average Bonchev–Trinajstić information content (AvgIpc) is 3.35. The summed E-state index contributed by atoms with van der Waals surface area (Å²) in [6.07, 6.45) is 2.21. The van der Waals surface area contributed by atoms with Gasteiger partial charge >= 0.3 is 5.97 Å². The standard InChI is InChI=1S/C22H29N7O8/c23-14(6-12-8-25-10-26-12)19(33)27-15(5-11-1-3-13(31)4-2-11)20(34)29-17(9-30)21(35)28-16(22(36)37)7-18(24)32/h1-4,8,10,14-17,30-31H,5-7,9,23H2,(H2,24,32)(H,25,26)(H,27,33)(H,28,35)(H,29,34)(H,36,37). The van der Waals surface area contributed by atoms with Crippen molar-refractivity contribution in [3.05, 3.63) is 48.0 Å². The number of phenols is 1. The Morgan fingerprint density at radius 3 is 2.05 bits per heavy atom. The summed E-state index contributed by atoms with van der Waals surface area (Å²) in [5.41, 5.74) is 12.1. The van der Waals surface area contributed by atoms with Gasteiger partial charge in [-0.15, -0.1) is 0 Å². The number of H-pyrrole nitrogens is 1. The zero-order valence-corrected chi connectivity index (χ0v) is 19.6. The molecule has 1 aromatic heterocycles. The molecule has 200 valence electrons. The number of nitrogens with one attached hydrogen (secondary N) is 4. The molecule has 2 rings (SSSR count). The number of aromatic amines is 1. The SMILES string of the molecule is NC(=O)CC(NC(=O)C(CO)NC(=O)C(Cc1ccc(O)cc1)NC(=O)C(N)Cc1cnc[nH]1)C(=O)O. The summed E-state index contributed by atoms with van der Waals surface area (Å²) in [6.45, 7) is -0.917. The summed E-state index contributed by atoms with van der Waals surface area (Å²) in [7, 11) is 0. The lowest BCUT2D eigenvalue weighted by Gasteiger charge is -2.24. The summed E-state index contributed by atoms with van der Waals surface area (Å²) in [4.78, 5) is 67.2. The average molecular weight is 520 g/mol. The molecule has 37 heavy (non-hydrogen) atoms. The van der Waals surface area contributed by atoms with Crippen molar-refractivity contribution in [2.75, 3.05) is 6.61 Å². The van der Waals surface area contributed by atoms with Gasteiger partial charge in [-0.25, -0.2) is 9.78 Å². The molecule has 2 aromatic rings. The molecule has 0 aliphatic heterocycles. The minimum atomic E-state index is -1.68. The van der Waals surface area contributed by atoms with Gasteiger partial charge < -0.3 is 47.7 Å². The maximum atomic E-state index is 13.0. The second-order valence-corrected chi connectivity index (χ2v) is 8.13. The van der Waals surface area contributed by atoms with Gasteiger partial charge in [-0.2, -0.15) is 0 Å². The molecule has 1 aromatic carbocycles. The van der Waals surface area contributed by atoms with Crippen molar-refractivity contribution >= 4 is 29.6 Å². The van der Waals surface area contributed by atoms with Crippen LogP contribution in [0.3, 0.4) is 0 Å². The number of aliphatic carboxylic acids is 1. The summed E-state index contributed by atoms with van der Waals surface area (Å²) in [6, 6.07) is 0.179. The molecule has 0 saturated heterocycles. The molecule has 4 unspecified atom stereocenters. The van der Waals surface area contributed by atoms with Crippen LogP contribution in [0.4, 0.5) is 0 Å². The number of carboxylic acids is 1. The number of carbonyl (C=O) groups is 5. The first-order chi connectivity index (χ1) is 17.5. The second kappa shape index (κ2) is 13.6. The molecular formula is C22H29N7O8. The van der Waals surface area contributed by atoms with Crippen molar-refractivity contribution in [3.63, 3.8) is 0 Å². The van der Waals surface area contributed by atoms with Crippen LogP contribution in [-0.4, -0.2) is 85.7 Å². The smallest absolute Gasteiger partial charge is 0.326 e. The van der Waals surface area contributed by atoms with Crippen LogP contribution in [0.2, 0.25) is 0 Å². The third-order valence-corrected chi connectivity index (χ3v) is 5.18. The van der Waals surface area contributed by atoms with E-state index < -0.39 is 66.8 Å². The van der Waals surface area contributed by atoms with E-state index >= 15 is 0 Å². The Labute approximate surface area is 210 Å². The number of hydrogen-bond donors (Lipinski definition) is 9. The Bertz CT molecular complexity index is 1090. The number of rotatable bonds is 14. The zero-order chi connectivity index (χ0) is 27.5. The molecule has 0 saturated carbocycles. The predicted octanol–water partition coefficient (Wildman–Crippen LogP) is -3.37. The number of primary amides is 1. The Morgan fingerprint density at radius 2 is 1.51 bits per heavy atom. The van der Waals surface area contributed by atoms with E-state index in [4.69, 9.17) is 16.6 Å². The van der Waals surface area contributed by atoms with Crippen molar-refractivity contribution in [1.29, 1.82) is 0 Å². The number of nitrogens with two attached hydrogens (primary N) is 2. The first-order valence-electron chi connectivity index (χ1n) is 11.0. The van der Waals surface area contributed by atoms with Gasteiger partial charge in [0.2, 0.25) is 23.6 Å². The van der Waals surface area contributed by atoms with E-state index in [0.717, 1.165) is 0 Å². The maximum absolute atomic E-state index is 13.0. The van der Waals surface area contributed by atoms with Crippen LogP contribution in [-0.2, 0) is 36.8 Å². The van der Waals surface area contributed by atoms with E-state index in [0.29, 0.717) is 11.3 Å². The van der Waals surface area contributed by atoms with E-state index in [1.807, 2.05) is 5.32 Å². The molecule has 0 spiro atoms. The lowest BCUT2D eigenvalue weighted by molar-refractivity contribution is -0.144. The zero-order valence-electron chi connectivity index (χ0n) is 19.6. The van der Waals surface area contributed by atoms with Gasteiger partial charge in [0.15, 0.2) is 0 Å². The molecule has 0 radical (unpaired) electrons. The fourth-order valence-corrected chi connectivity index (χ4v) is 3.22. The van der Waals surface area contributed by atoms with Gasteiger partial charge in [0, 0.05) is 24.7 Å². The fourth-order valence-electron chi connectivity index (χ4n) is 3.22. The van der Waals surface area contributed by atoms with E-state index in [9.17, 15) is 34.2 Å². The van der Waals surface area contributed by atoms with Crippen LogP contribution in [0.25, 0.3) is 0 Å². The number of aromatic nitrogens is 2. The van der Waals surface area contributed by atoms with E-state index in [1.54, 1.807) is 0 Å². The molecule has 1 heterocycles. The molecule has 15 heteroatoms. The van der Waals surface area contributed by atoms with Gasteiger partial charge in [-0.05, 0) is 17.7 Å². The van der Waals surface area contributed by atoms with Crippen molar-refractivity contribution in [2.45, 2.75) is 43.4 Å². The molecule has 0 aliphatic rings. The lowest BCUT2D eigenvalue weighted by atomic mass is 10.0. The van der Waals surface area contributed by atoms with Gasteiger partial charge in [0.25, 0.3) is 0 Å². The quantitative estimate of drug-likeness (QED) is 0.120. The highest BCUT2D eigenvalue weighted by Crippen LogP contribution is 2.12. The summed E-state index contributed by atoms with van der Waals surface area (Å²) in [5.74, 6) is -5.21. The number of aliphatic hydroxyl groups is 1. The second-order valence-electron chi connectivity index (χ2n) is 8.13. The normalized spacial score (nSPS) is 14.0. The van der Waals surface area contributed by atoms with E-state index in [1.165, 1.54) is 36.8 Å². The Morgan fingerprint density at radius 1 is 0.919 bits per heavy atom. The molecule has 0 fully saturated rings. The van der Waals surface area contributed by atoms with Crippen LogP contribution >= 0.6 is 0 Å². The first-order valence-corrected chi connectivity index (χ1v) is 11.0. The Kier molecular flexibility index (Phi) is 10.5.